The number of nitrogens with one attached hydrogen (secondary N) is 2. The summed E-state index contributed by atoms with van der Waals surface area (Å²) in [5, 5.41) is 5.33. The largest absolute Gasteiger partial charge is 0.463 e. The Morgan fingerprint density at radius 3 is 2.91 bits per heavy atom. The summed E-state index contributed by atoms with van der Waals surface area (Å²) in [6, 6.07) is 4.42. The molecule has 7 nitrogen and oxygen atoms in total. The molecule has 22 heavy (non-hydrogen) atoms. The van der Waals surface area contributed by atoms with Crippen LogP contribution >= 0.6 is 0 Å². The maximum Gasteiger partial charge on any atom is 0.338 e. The second kappa shape index (κ2) is 5.59. The highest BCUT2D eigenvalue weighted by Crippen LogP contribution is 2.35. The number of rotatable bonds is 3. The summed E-state index contributed by atoms with van der Waals surface area (Å²) in [7, 11) is 0. The zero-order valence-corrected chi connectivity index (χ0v) is 12.3. The zero-order valence-electron chi connectivity index (χ0n) is 12.3. The maximum absolute atomic E-state index is 12.2. The fourth-order valence-corrected chi connectivity index (χ4v) is 2.47. The van der Waals surface area contributed by atoms with E-state index in [-0.39, 0.29) is 19.4 Å². The molecule has 2 aliphatic rings. The van der Waals surface area contributed by atoms with Gasteiger partial charge in [-0.15, -0.1) is 0 Å². The molecule has 2 aliphatic heterocycles. The van der Waals surface area contributed by atoms with Gasteiger partial charge in [-0.25, -0.2) is 9.59 Å². The van der Waals surface area contributed by atoms with Crippen LogP contribution in [-0.2, 0) is 9.53 Å². The molecule has 7 heteroatoms. The molecule has 0 aliphatic carbocycles. The lowest BCUT2D eigenvalue weighted by atomic mass is 9.99. The van der Waals surface area contributed by atoms with Crippen molar-refractivity contribution in [3.63, 3.8) is 0 Å². The van der Waals surface area contributed by atoms with E-state index in [1.807, 2.05) is 0 Å². The molecular formula is C15H16N2O5. The van der Waals surface area contributed by atoms with E-state index in [1.165, 1.54) is 0 Å². The quantitative estimate of drug-likeness (QED) is 0.824. The van der Waals surface area contributed by atoms with Crippen molar-refractivity contribution in [2.75, 3.05) is 13.4 Å². The van der Waals surface area contributed by atoms with Gasteiger partial charge in [-0.05, 0) is 32.0 Å². The first-order chi connectivity index (χ1) is 10.6. The minimum Gasteiger partial charge on any atom is -0.463 e. The Balaban J connectivity index is 2.07. The van der Waals surface area contributed by atoms with Crippen LogP contribution in [0.3, 0.4) is 0 Å². The van der Waals surface area contributed by atoms with Gasteiger partial charge in [0.05, 0.1) is 23.9 Å². The minimum atomic E-state index is -0.463. The fourth-order valence-electron chi connectivity index (χ4n) is 2.47. The van der Waals surface area contributed by atoms with E-state index >= 15 is 0 Å². The van der Waals surface area contributed by atoms with E-state index in [1.54, 1.807) is 32.0 Å². The molecule has 1 aromatic carbocycles. The van der Waals surface area contributed by atoms with E-state index < -0.39 is 12.0 Å². The van der Waals surface area contributed by atoms with Crippen molar-refractivity contribution in [1.29, 1.82) is 0 Å². The Morgan fingerprint density at radius 1 is 1.36 bits per heavy atom. The van der Waals surface area contributed by atoms with Gasteiger partial charge in [-0.3, -0.25) is 0 Å². The molecule has 0 fully saturated rings. The van der Waals surface area contributed by atoms with Crippen LogP contribution < -0.4 is 20.1 Å². The van der Waals surface area contributed by atoms with E-state index in [0.717, 1.165) is 0 Å². The van der Waals surface area contributed by atoms with Crippen LogP contribution in [0.5, 0.6) is 11.5 Å². The molecule has 2 amide bonds. The topological polar surface area (TPSA) is 85.9 Å². The van der Waals surface area contributed by atoms with Gasteiger partial charge in [0.1, 0.15) is 0 Å². The number of carbonyl (C=O) groups is 2. The summed E-state index contributed by atoms with van der Waals surface area (Å²) in [5.41, 5.74) is 1.46. The van der Waals surface area contributed by atoms with Crippen molar-refractivity contribution < 1.29 is 23.8 Å². The molecule has 0 bridgehead atoms. The van der Waals surface area contributed by atoms with E-state index in [0.29, 0.717) is 28.3 Å². The van der Waals surface area contributed by atoms with E-state index in [2.05, 4.69) is 10.6 Å². The Labute approximate surface area is 127 Å². The second-order valence-electron chi connectivity index (χ2n) is 4.90. The van der Waals surface area contributed by atoms with Gasteiger partial charge < -0.3 is 24.8 Å². The number of esters is 1. The third-order valence-corrected chi connectivity index (χ3v) is 3.45. The monoisotopic (exact) mass is 304 g/mol. The summed E-state index contributed by atoms with van der Waals surface area (Å²) in [6.07, 6.45) is 0. The van der Waals surface area contributed by atoms with Crippen LogP contribution in [0.4, 0.5) is 4.79 Å². The number of urea groups is 1. The molecule has 0 saturated carbocycles. The molecule has 2 N–H and O–H groups in total. The number of hydrogen-bond acceptors (Lipinski definition) is 5. The lowest BCUT2D eigenvalue weighted by Crippen LogP contribution is -2.48. The summed E-state index contributed by atoms with van der Waals surface area (Å²) in [4.78, 5) is 24.0. The second-order valence-corrected chi connectivity index (χ2v) is 4.90. The molecular weight excluding hydrogens is 288 g/mol. The van der Waals surface area contributed by atoms with Crippen LogP contribution in [-0.4, -0.2) is 31.4 Å². The third-order valence-electron chi connectivity index (χ3n) is 3.45. The first-order valence-corrected chi connectivity index (χ1v) is 6.99. The SMILES string of the molecule is CCOC(=O)C1=C(c2ccc3c(c2)OCO3)NC(=O)NC1C. The number of hydrogen-bond donors (Lipinski definition) is 2. The summed E-state index contributed by atoms with van der Waals surface area (Å²) < 4.78 is 15.7. The highest BCUT2D eigenvalue weighted by molar-refractivity contribution is 6.04. The predicted octanol–water partition coefficient (Wildman–Crippen LogP) is 1.39. The molecule has 3 rings (SSSR count). The molecule has 2 heterocycles. The molecule has 1 aromatic rings. The van der Waals surface area contributed by atoms with Crippen LogP contribution in [0.25, 0.3) is 5.70 Å². The highest BCUT2D eigenvalue weighted by atomic mass is 16.7. The smallest absolute Gasteiger partial charge is 0.338 e. The normalized spacial score (nSPS) is 19.5. The number of ether oxygens (including phenoxy) is 3. The first kappa shape index (κ1) is 14.2. The Bertz CT molecular complexity index is 668. The molecule has 0 radical (unpaired) electrons. The number of fused-ring (bicyclic) bond motifs is 1. The highest BCUT2D eigenvalue weighted by Gasteiger charge is 2.31. The summed E-state index contributed by atoms with van der Waals surface area (Å²) in [6.45, 7) is 3.89. The average Bonchev–Trinajstić information content (AvgIpc) is 2.93. The molecule has 0 spiro atoms. The van der Waals surface area contributed by atoms with Crippen LogP contribution in [0.15, 0.2) is 23.8 Å². The summed E-state index contributed by atoms with van der Waals surface area (Å²) in [5.74, 6) is 0.749. The Hall–Kier alpha value is -2.70. The van der Waals surface area contributed by atoms with Gasteiger partial charge in [0.25, 0.3) is 0 Å². The molecule has 0 saturated heterocycles. The maximum atomic E-state index is 12.2. The zero-order chi connectivity index (χ0) is 15.7. The van der Waals surface area contributed by atoms with Crippen molar-refractivity contribution in [1.82, 2.24) is 10.6 Å². The Kier molecular flexibility index (Phi) is 3.62. The van der Waals surface area contributed by atoms with Gasteiger partial charge in [-0.1, -0.05) is 0 Å². The lowest BCUT2D eigenvalue weighted by Gasteiger charge is -2.26. The van der Waals surface area contributed by atoms with Gasteiger partial charge in [0, 0.05) is 5.56 Å². The van der Waals surface area contributed by atoms with Crippen LogP contribution in [0.2, 0.25) is 0 Å². The average molecular weight is 304 g/mol. The first-order valence-electron chi connectivity index (χ1n) is 6.99. The number of amides is 2. The van der Waals surface area contributed by atoms with Crippen molar-refractivity contribution in [2.24, 2.45) is 0 Å². The van der Waals surface area contributed by atoms with Crippen molar-refractivity contribution in [3.8, 4) is 11.5 Å². The molecule has 1 unspecified atom stereocenters. The molecule has 1 atom stereocenters. The van der Waals surface area contributed by atoms with Gasteiger partial charge in [0.15, 0.2) is 11.5 Å². The van der Waals surface area contributed by atoms with Gasteiger partial charge in [0.2, 0.25) is 6.79 Å². The lowest BCUT2D eigenvalue weighted by molar-refractivity contribution is -0.138. The fraction of sp³-hybridized carbons (Fsp3) is 0.333. The van der Waals surface area contributed by atoms with E-state index in [9.17, 15) is 9.59 Å². The van der Waals surface area contributed by atoms with Crippen LogP contribution in [0.1, 0.15) is 19.4 Å². The minimum absolute atomic E-state index is 0.160. The van der Waals surface area contributed by atoms with Gasteiger partial charge >= 0.3 is 12.0 Å². The molecule has 116 valence electrons. The predicted molar refractivity (Wildman–Crippen MR) is 77.2 cm³/mol. The van der Waals surface area contributed by atoms with Crippen molar-refractivity contribution >= 4 is 17.7 Å². The standard InChI is InChI=1S/C15H16N2O5/c1-3-20-14(18)12-8(2)16-15(19)17-13(12)9-4-5-10-11(6-9)22-7-21-10/h4-6,8H,3,7H2,1-2H3,(H2,16,17,19). The third kappa shape index (κ3) is 2.45. The van der Waals surface area contributed by atoms with Crippen molar-refractivity contribution in [2.45, 2.75) is 19.9 Å². The Morgan fingerprint density at radius 2 is 2.14 bits per heavy atom. The van der Waals surface area contributed by atoms with Gasteiger partial charge in [-0.2, -0.15) is 0 Å². The van der Waals surface area contributed by atoms with E-state index in [4.69, 9.17) is 14.2 Å². The number of carbonyl (C=O) groups excluding carboxylic acids is 2. The van der Waals surface area contributed by atoms with Crippen molar-refractivity contribution in [3.05, 3.63) is 29.3 Å². The summed E-state index contributed by atoms with van der Waals surface area (Å²) >= 11 is 0. The van der Waals surface area contributed by atoms with Crippen LogP contribution in [0, 0.1) is 0 Å². The molecule has 0 aromatic heterocycles. The number of benzene rings is 1.